The molecule has 1 aliphatic carbocycles. The highest BCUT2D eigenvalue weighted by molar-refractivity contribution is 6.13. The lowest BCUT2D eigenvalue weighted by atomic mass is 9.78. The molecule has 8 aliphatic rings. The molecule has 3 N–H and O–H groups in total. The van der Waals surface area contributed by atoms with Gasteiger partial charge in [-0.2, -0.15) is 0 Å². The number of benzene rings is 2. The number of oxime groups is 1. The van der Waals surface area contributed by atoms with E-state index in [1.54, 1.807) is 13.8 Å². The second-order valence-electron chi connectivity index (χ2n) is 17.4. The molecule has 0 aromatic heterocycles. The van der Waals surface area contributed by atoms with Crippen LogP contribution in [0.25, 0.3) is 10.8 Å². The number of amides is 2. The number of rotatable bonds is 13. The minimum Gasteiger partial charge on any atom is -0.506 e. The van der Waals surface area contributed by atoms with Crippen LogP contribution in [0.5, 0.6) is 17.2 Å². The van der Waals surface area contributed by atoms with Crippen LogP contribution < -0.4 is 9.47 Å². The number of carbonyl (C=O) groups excluding carboxylic acids is 3. The number of ketones is 1. The van der Waals surface area contributed by atoms with Gasteiger partial charge in [0.05, 0.1) is 55.8 Å². The van der Waals surface area contributed by atoms with Gasteiger partial charge in [0, 0.05) is 48.1 Å². The van der Waals surface area contributed by atoms with E-state index < -0.39 is 59.8 Å². The van der Waals surface area contributed by atoms with E-state index in [0.717, 1.165) is 18.4 Å². The second-order valence-corrected chi connectivity index (χ2v) is 17.4. The quantitative estimate of drug-likeness (QED) is 0.0864. The first-order chi connectivity index (χ1) is 29.8. The number of fused-ring (bicyclic) bond motifs is 8. The molecule has 2 aromatic carbocycles. The van der Waals surface area contributed by atoms with Crippen molar-refractivity contribution in [2.24, 2.45) is 5.16 Å². The van der Waals surface area contributed by atoms with Crippen LogP contribution in [0.2, 0.25) is 0 Å². The zero-order chi connectivity index (χ0) is 43.3. The number of hydrogen-bond donors (Lipinski definition) is 3. The lowest BCUT2D eigenvalue weighted by molar-refractivity contribution is -0.391. The summed E-state index contributed by atoms with van der Waals surface area (Å²) in [6, 6.07) is 1.89. The highest BCUT2D eigenvalue weighted by Crippen LogP contribution is 2.72. The molecule has 10 rings (SSSR count). The van der Waals surface area contributed by atoms with E-state index in [1.165, 1.54) is 24.2 Å². The lowest BCUT2D eigenvalue weighted by Crippen LogP contribution is -2.72. The van der Waals surface area contributed by atoms with Gasteiger partial charge in [0.15, 0.2) is 23.8 Å². The van der Waals surface area contributed by atoms with E-state index >= 15 is 0 Å². The first-order valence-electron chi connectivity index (χ1n) is 21.6. The number of epoxide rings is 1. The van der Waals surface area contributed by atoms with Crippen LogP contribution in [0.3, 0.4) is 0 Å². The molecule has 18 heteroatoms. The van der Waals surface area contributed by atoms with Gasteiger partial charge in [-0.05, 0) is 70.9 Å². The zero-order valence-corrected chi connectivity index (χ0v) is 35.1. The van der Waals surface area contributed by atoms with Crippen LogP contribution >= 0.6 is 0 Å². The number of Topliss-reactive ketones (excluding diaryl/α,β-unsaturated/α-hetero) is 1. The summed E-state index contributed by atoms with van der Waals surface area (Å²) in [5.41, 5.74) is -1.20. The zero-order valence-electron chi connectivity index (χ0n) is 35.1. The minimum atomic E-state index is -1.96. The van der Waals surface area contributed by atoms with Crippen LogP contribution in [-0.2, 0) is 54.0 Å². The third kappa shape index (κ3) is 5.87. The summed E-state index contributed by atoms with van der Waals surface area (Å²) in [6.07, 6.45) is 0.645. The summed E-state index contributed by atoms with van der Waals surface area (Å²) in [6.45, 7) is 6.44. The van der Waals surface area contributed by atoms with Crippen molar-refractivity contribution in [3.63, 3.8) is 0 Å². The van der Waals surface area contributed by atoms with Crippen LogP contribution in [0, 0.1) is 6.92 Å². The summed E-state index contributed by atoms with van der Waals surface area (Å²) in [7, 11) is 1.53. The van der Waals surface area contributed by atoms with E-state index in [0.29, 0.717) is 74.1 Å². The molecule has 0 radical (unpaired) electrons. The fourth-order valence-corrected chi connectivity index (χ4v) is 10.7. The predicted octanol–water partition coefficient (Wildman–Crippen LogP) is 3.29. The first kappa shape index (κ1) is 41.8. The maximum absolute atomic E-state index is 13.4. The number of unbranched alkanes of at least 4 members (excludes halogenated alkanes) is 3. The first-order valence-corrected chi connectivity index (χ1v) is 21.6. The molecule has 62 heavy (non-hydrogen) atoms. The summed E-state index contributed by atoms with van der Waals surface area (Å²) < 4.78 is 58.8. The number of nitrogens with zero attached hydrogens (tertiary/aromatic N) is 2. The summed E-state index contributed by atoms with van der Waals surface area (Å²) in [5.74, 6) is -3.86. The van der Waals surface area contributed by atoms with E-state index in [2.05, 4.69) is 5.16 Å². The highest BCUT2D eigenvalue weighted by atomic mass is 16.9. The van der Waals surface area contributed by atoms with Crippen molar-refractivity contribution in [3.05, 3.63) is 40.5 Å². The second kappa shape index (κ2) is 15.2. The minimum absolute atomic E-state index is 0.0366. The summed E-state index contributed by atoms with van der Waals surface area (Å²) >= 11 is 0. The van der Waals surface area contributed by atoms with E-state index in [1.807, 2.05) is 13.0 Å². The number of phenols is 1. The van der Waals surface area contributed by atoms with Crippen LogP contribution in [0.1, 0.15) is 98.4 Å². The molecular formula is C44H52N2O16. The third-order valence-electron chi connectivity index (χ3n) is 13.9. The summed E-state index contributed by atoms with van der Waals surface area (Å²) in [5, 5.41) is 40.7. The number of ether oxygens (including phenoxy) is 9. The van der Waals surface area contributed by atoms with Gasteiger partial charge in [-0.3, -0.25) is 19.3 Å². The molecule has 4 unspecified atom stereocenters. The Morgan fingerprint density at radius 3 is 2.48 bits per heavy atom. The highest BCUT2D eigenvalue weighted by Gasteiger charge is 2.94. The molecule has 334 valence electrons. The molecule has 18 nitrogen and oxygen atoms in total. The van der Waals surface area contributed by atoms with E-state index in [9.17, 15) is 29.7 Å². The van der Waals surface area contributed by atoms with Crippen LogP contribution in [-0.4, -0.2) is 137 Å². The Balaban J connectivity index is 0.922. The molecule has 5 saturated heterocycles. The molecule has 5 fully saturated rings. The number of phenolic OH excluding ortho intramolecular Hbond substituents is 1. The van der Waals surface area contributed by atoms with Gasteiger partial charge in [-0.25, -0.2) is 0 Å². The SMILES string of the molecule is COc1c2c(c(O)c3c4c(c(C)cc13)[C@@H]1O[C@@]3(C5OCCCO5)O[C@@H]1[C@@](OC1CC(O)C(O)(/C(C)=N/OCCCCCCN5C(=O)C=CC5=O)C(C)O1)(O4)[C@@]31CO1)C(=O)CCC2. The Hall–Kier alpha value is -4.24. The standard InChI is InChI=1S/C44H52N2O16/c1-22-19-26-34(35(51)33-25(36(26)53-4)11-9-12-27(33)47)37-32(22)38-39-43(60-37,41(21-56-41)44(61-38,62-39)40-54-16-10-17-55-40)59-31-20-28(48)42(52,24(3)58-31)23(2)45-57-18-8-6-5-7-15-46-29(49)13-14-30(46)50/h13-14,19,24,28,31,38-40,48,51-52H,5-12,15-18,20-21H2,1-4H3/b45-23+/t24?,28?,31?,38-,39-,41-,42?,43+,44-/m0/s1. The van der Waals surface area contributed by atoms with Gasteiger partial charge in [-0.1, -0.05) is 11.6 Å². The Morgan fingerprint density at radius 1 is 1.03 bits per heavy atom. The van der Waals surface area contributed by atoms with Crippen molar-refractivity contribution < 1.29 is 77.2 Å². The van der Waals surface area contributed by atoms with Crippen molar-refractivity contribution in [3.8, 4) is 17.2 Å². The van der Waals surface area contributed by atoms with Crippen molar-refractivity contribution in [2.75, 3.05) is 40.1 Å². The lowest BCUT2D eigenvalue weighted by Gasteiger charge is -2.52. The van der Waals surface area contributed by atoms with Crippen LogP contribution in [0.15, 0.2) is 23.4 Å². The van der Waals surface area contributed by atoms with Crippen molar-refractivity contribution in [2.45, 2.75) is 138 Å². The van der Waals surface area contributed by atoms with Crippen molar-refractivity contribution in [1.82, 2.24) is 4.90 Å². The number of imide groups is 1. The largest absolute Gasteiger partial charge is 0.506 e. The van der Waals surface area contributed by atoms with E-state index in [-0.39, 0.29) is 71.8 Å². The number of aryl methyl sites for hydroxylation is 1. The average molecular weight is 865 g/mol. The predicted molar refractivity (Wildman–Crippen MR) is 212 cm³/mol. The number of aliphatic hydroxyl groups is 2. The molecule has 2 aromatic rings. The van der Waals surface area contributed by atoms with E-state index in [4.69, 9.17) is 47.5 Å². The average Bonchev–Trinajstić information content (AvgIpc) is 3.81. The normalized spacial score (nSPS) is 36.1. The van der Waals surface area contributed by atoms with Gasteiger partial charge >= 0.3 is 0 Å². The Morgan fingerprint density at radius 2 is 1.77 bits per heavy atom. The number of methoxy groups -OCH3 is 1. The topological polar surface area (TPSA) is 223 Å². The van der Waals surface area contributed by atoms with Gasteiger partial charge in [0.25, 0.3) is 23.4 Å². The molecule has 0 saturated carbocycles. The smallest absolute Gasteiger partial charge is 0.279 e. The monoisotopic (exact) mass is 864 g/mol. The maximum Gasteiger partial charge on any atom is 0.279 e. The Labute approximate surface area is 356 Å². The van der Waals surface area contributed by atoms with Gasteiger partial charge < -0.3 is 62.8 Å². The van der Waals surface area contributed by atoms with Crippen molar-refractivity contribution in [1.29, 1.82) is 0 Å². The molecule has 2 bridgehead atoms. The molecule has 1 spiro atoms. The van der Waals surface area contributed by atoms with Gasteiger partial charge in [0.2, 0.25) is 11.9 Å². The fourth-order valence-electron chi connectivity index (χ4n) is 10.7. The molecule has 2 amide bonds. The summed E-state index contributed by atoms with van der Waals surface area (Å²) in [4.78, 5) is 43.7. The maximum atomic E-state index is 13.4. The Kier molecular flexibility index (Phi) is 10.2. The van der Waals surface area contributed by atoms with Crippen LogP contribution in [0.4, 0.5) is 0 Å². The Bertz CT molecular complexity index is 2240. The number of hydrogen-bond acceptors (Lipinski definition) is 17. The molecular weight excluding hydrogens is 812 g/mol. The molecule has 7 heterocycles. The van der Waals surface area contributed by atoms with Gasteiger partial charge in [-0.15, -0.1) is 0 Å². The number of aliphatic hydroxyl groups excluding tert-OH is 1. The number of carbonyl (C=O) groups is 3. The van der Waals surface area contributed by atoms with Crippen molar-refractivity contribution >= 4 is 34.1 Å². The molecule has 9 atom stereocenters. The third-order valence-corrected chi connectivity index (χ3v) is 13.9. The molecule has 7 aliphatic heterocycles. The van der Waals surface area contributed by atoms with Gasteiger partial charge in [0.1, 0.15) is 30.0 Å². The fraction of sp³-hybridized carbons (Fsp3) is 0.636. The number of aromatic hydroxyl groups is 1.